The molecule has 0 bridgehead atoms. The lowest BCUT2D eigenvalue weighted by Gasteiger charge is -2.63. The SMILES string of the molecule is [2H]C([2H])([2H])[C@@H]1C[C@H]2[C@@H]3C[C@H](F)C4=CC(=O)C=C[C@]4(C)[C@@]3(F)[C@@H](O)C[C@]2(C)[C@@]1(O)C(=O)COC(C)=O. The lowest BCUT2D eigenvalue weighted by molar-refractivity contribution is -0.224. The molecule has 0 aliphatic heterocycles. The van der Waals surface area contributed by atoms with E-state index in [1.807, 2.05) is 0 Å². The number of hydrogen-bond acceptors (Lipinski definition) is 6. The Morgan fingerprint density at radius 3 is 2.62 bits per heavy atom. The fourth-order valence-corrected chi connectivity index (χ4v) is 7.04. The molecule has 32 heavy (non-hydrogen) atoms. The summed E-state index contributed by atoms with van der Waals surface area (Å²) in [5.41, 5.74) is -8.47. The number of esters is 1. The van der Waals surface area contributed by atoms with Crippen LogP contribution in [0.2, 0.25) is 0 Å². The van der Waals surface area contributed by atoms with Crippen LogP contribution in [0.25, 0.3) is 0 Å². The summed E-state index contributed by atoms with van der Waals surface area (Å²) in [6, 6.07) is 0. The third-order valence-corrected chi connectivity index (χ3v) is 8.71. The highest BCUT2D eigenvalue weighted by atomic mass is 19.1. The molecular formula is C24H30F2O6. The van der Waals surface area contributed by atoms with E-state index in [1.165, 1.54) is 19.9 Å². The van der Waals surface area contributed by atoms with Crippen LogP contribution in [0.15, 0.2) is 23.8 Å². The predicted octanol–water partition coefficient (Wildman–Crippen LogP) is 2.41. The molecule has 6 nitrogen and oxygen atoms in total. The molecule has 3 fully saturated rings. The summed E-state index contributed by atoms with van der Waals surface area (Å²) < 4.78 is 61.5. The number of ketones is 2. The van der Waals surface area contributed by atoms with Gasteiger partial charge >= 0.3 is 5.97 Å². The summed E-state index contributed by atoms with van der Waals surface area (Å²) in [7, 11) is 0. The molecule has 0 saturated heterocycles. The van der Waals surface area contributed by atoms with Gasteiger partial charge in [0.05, 0.1) is 6.10 Å². The molecular weight excluding hydrogens is 422 g/mol. The van der Waals surface area contributed by atoms with Crippen LogP contribution >= 0.6 is 0 Å². The molecule has 8 heteroatoms. The van der Waals surface area contributed by atoms with Gasteiger partial charge in [0.2, 0.25) is 5.78 Å². The molecule has 4 rings (SSSR count). The van der Waals surface area contributed by atoms with Crippen molar-refractivity contribution in [3.05, 3.63) is 23.8 Å². The maximum Gasteiger partial charge on any atom is 0.303 e. The van der Waals surface area contributed by atoms with Gasteiger partial charge in [0.1, 0.15) is 11.8 Å². The van der Waals surface area contributed by atoms with Crippen LogP contribution in [-0.4, -0.2) is 57.9 Å². The number of aliphatic hydroxyl groups is 2. The van der Waals surface area contributed by atoms with Crippen molar-refractivity contribution in [3.8, 4) is 0 Å². The number of aliphatic hydroxyl groups excluding tert-OH is 1. The third-order valence-electron chi connectivity index (χ3n) is 8.71. The summed E-state index contributed by atoms with van der Waals surface area (Å²) in [6.45, 7) is 0.140. The zero-order valence-electron chi connectivity index (χ0n) is 21.2. The molecule has 0 aromatic heterocycles. The van der Waals surface area contributed by atoms with E-state index in [1.54, 1.807) is 0 Å². The maximum absolute atomic E-state index is 17.2. The van der Waals surface area contributed by atoms with Crippen molar-refractivity contribution in [3.63, 3.8) is 0 Å². The summed E-state index contributed by atoms with van der Waals surface area (Å²) in [4.78, 5) is 36.5. The molecule has 4 aliphatic carbocycles. The van der Waals surface area contributed by atoms with Crippen molar-refractivity contribution in [2.45, 2.75) is 70.4 Å². The van der Waals surface area contributed by atoms with E-state index >= 15 is 8.78 Å². The van der Waals surface area contributed by atoms with Gasteiger partial charge in [-0.1, -0.05) is 19.9 Å². The largest absolute Gasteiger partial charge is 0.458 e. The predicted molar refractivity (Wildman–Crippen MR) is 110 cm³/mol. The summed E-state index contributed by atoms with van der Waals surface area (Å²) >= 11 is 0. The topological polar surface area (TPSA) is 101 Å². The third kappa shape index (κ3) is 2.65. The minimum absolute atomic E-state index is 0.0852. The van der Waals surface area contributed by atoms with Crippen LogP contribution in [0.1, 0.15) is 51.0 Å². The molecule has 4 aliphatic rings. The quantitative estimate of drug-likeness (QED) is 0.634. The van der Waals surface area contributed by atoms with Gasteiger partial charge in [-0.15, -0.1) is 0 Å². The maximum atomic E-state index is 17.2. The van der Waals surface area contributed by atoms with E-state index < -0.39 is 96.0 Å². The van der Waals surface area contributed by atoms with E-state index in [-0.39, 0.29) is 12.0 Å². The molecule has 0 radical (unpaired) electrons. The first-order valence-electron chi connectivity index (χ1n) is 12.3. The zero-order chi connectivity index (χ0) is 26.4. The van der Waals surface area contributed by atoms with E-state index in [2.05, 4.69) is 0 Å². The Morgan fingerprint density at radius 1 is 1.31 bits per heavy atom. The second kappa shape index (κ2) is 7.03. The Balaban J connectivity index is 1.86. The number of ether oxygens (including phenoxy) is 1. The first-order valence-corrected chi connectivity index (χ1v) is 10.8. The standard InChI is InChI=1S/C24H30F2O6/c1-12-7-15-16-9-18(25)17-8-14(28)5-6-21(17,3)23(16,26)19(29)10-22(15,4)24(12,31)20(30)11-32-13(2)27/h5-6,8,12,15-16,18-19,29,31H,7,9-11H2,1-4H3/t12-,15+,16+,18+,19+,21+,22+,23+,24+/m1/s1/i1D3. The number of allylic oxidation sites excluding steroid dienone is 4. The van der Waals surface area contributed by atoms with E-state index in [0.29, 0.717) is 0 Å². The molecule has 2 N–H and O–H groups in total. The monoisotopic (exact) mass is 455 g/mol. The molecule has 0 amide bonds. The number of hydrogen-bond donors (Lipinski definition) is 2. The van der Waals surface area contributed by atoms with Crippen LogP contribution in [0.3, 0.4) is 0 Å². The van der Waals surface area contributed by atoms with Crippen molar-refractivity contribution in [2.75, 3.05) is 6.61 Å². The summed E-state index contributed by atoms with van der Waals surface area (Å²) in [5, 5.41) is 23.1. The Labute approximate surface area is 189 Å². The van der Waals surface area contributed by atoms with Crippen molar-refractivity contribution in [1.29, 1.82) is 0 Å². The van der Waals surface area contributed by atoms with Gasteiger partial charge in [-0.3, -0.25) is 14.4 Å². The minimum Gasteiger partial charge on any atom is -0.458 e. The number of halogens is 2. The molecule has 0 spiro atoms. The number of carbonyl (C=O) groups is 3. The number of fused-ring (bicyclic) bond motifs is 5. The molecule has 0 aromatic rings. The Hall–Kier alpha value is -1.93. The molecule has 0 heterocycles. The van der Waals surface area contributed by atoms with Gasteiger partial charge in [-0.2, -0.15) is 0 Å². The van der Waals surface area contributed by atoms with Crippen LogP contribution < -0.4 is 0 Å². The normalized spacial score (nSPS) is 51.3. The average Bonchev–Trinajstić information content (AvgIpc) is 2.98. The number of alkyl halides is 2. The smallest absolute Gasteiger partial charge is 0.303 e. The van der Waals surface area contributed by atoms with Gasteiger partial charge in [-0.25, -0.2) is 8.78 Å². The average molecular weight is 456 g/mol. The fraction of sp³-hybridized carbons (Fsp3) is 0.708. The molecule has 176 valence electrons. The lowest BCUT2D eigenvalue weighted by Crippen LogP contribution is -2.70. The van der Waals surface area contributed by atoms with Crippen LogP contribution in [0, 0.1) is 28.6 Å². The highest BCUT2D eigenvalue weighted by Crippen LogP contribution is 2.70. The second-order valence-electron chi connectivity index (χ2n) is 10.1. The second-order valence-corrected chi connectivity index (χ2v) is 10.1. The van der Waals surface area contributed by atoms with Gasteiger partial charge in [0.25, 0.3) is 0 Å². The van der Waals surface area contributed by atoms with Crippen molar-refractivity contribution >= 4 is 17.5 Å². The van der Waals surface area contributed by atoms with Crippen molar-refractivity contribution < 1.29 is 42.2 Å². The Bertz CT molecular complexity index is 1040. The fourth-order valence-electron chi connectivity index (χ4n) is 7.04. The van der Waals surface area contributed by atoms with Gasteiger partial charge in [0, 0.05) is 27.8 Å². The van der Waals surface area contributed by atoms with Crippen molar-refractivity contribution in [1.82, 2.24) is 0 Å². The van der Waals surface area contributed by atoms with Gasteiger partial charge in [0.15, 0.2) is 18.1 Å². The summed E-state index contributed by atoms with van der Waals surface area (Å²) in [6.07, 6.45) is -1.38. The summed E-state index contributed by atoms with van der Waals surface area (Å²) in [5.74, 6) is -6.25. The van der Waals surface area contributed by atoms with Gasteiger partial charge in [-0.05, 0) is 55.7 Å². The molecule has 3 saturated carbocycles. The zero-order valence-corrected chi connectivity index (χ0v) is 18.2. The lowest BCUT2D eigenvalue weighted by atomic mass is 9.44. The first kappa shape index (κ1) is 19.5. The van der Waals surface area contributed by atoms with Crippen LogP contribution in [0.4, 0.5) is 8.78 Å². The highest BCUT2D eigenvalue weighted by molar-refractivity contribution is 6.01. The van der Waals surface area contributed by atoms with E-state index in [0.717, 1.165) is 19.1 Å². The van der Waals surface area contributed by atoms with Crippen LogP contribution in [0.5, 0.6) is 0 Å². The molecule has 9 atom stereocenters. The van der Waals surface area contributed by atoms with Crippen LogP contribution in [-0.2, 0) is 19.1 Å². The Morgan fingerprint density at radius 2 is 2.00 bits per heavy atom. The Kier molecular flexibility index (Phi) is 4.29. The van der Waals surface area contributed by atoms with Crippen molar-refractivity contribution in [2.24, 2.45) is 28.6 Å². The molecule has 0 aromatic carbocycles. The number of carbonyl (C=O) groups excluding carboxylic acids is 3. The van der Waals surface area contributed by atoms with Gasteiger partial charge < -0.3 is 14.9 Å². The number of Topliss-reactive ketones (excluding diaryl/α,β-unsaturated/α-hetero) is 1. The highest BCUT2D eigenvalue weighted by Gasteiger charge is 2.76. The van der Waals surface area contributed by atoms with E-state index in [9.17, 15) is 24.6 Å². The minimum atomic E-state index is -2.85. The first-order chi connectivity index (χ1) is 15.9. The molecule has 0 unspecified atom stereocenters. The number of rotatable bonds is 3. The van der Waals surface area contributed by atoms with E-state index in [4.69, 9.17) is 8.85 Å².